The van der Waals surface area contributed by atoms with Crippen LogP contribution in [0, 0.1) is 5.92 Å². The maximum Gasteiger partial charge on any atom is 0.311 e. The lowest BCUT2D eigenvalue weighted by molar-refractivity contribution is -0.155. The van der Waals surface area contributed by atoms with Crippen LogP contribution < -0.4 is 0 Å². The van der Waals surface area contributed by atoms with E-state index in [1.807, 2.05) is 13.8 Å². The quantitative estimate of drug-likeness (QED) is 0.652. The van der Waals surface area contributed by atoms with Crippen molar-refractivity contribution in [3.8, 4) is 0 Å². The van der Waals surface area contributed by atoms with Gasteiger partial charge in [-0.15, -0.1) is 0 Å². The molecule has 0 aromatic carbocycles. The van der Waals surface area contributed by atoms with Crippen LogP contribution in [0.1, 0.15) is 39.5 Å². The smallest absolute Gasteiger partial charge is 0.311 e. The molecule has 1 saturated heterocycles. The van der Waals surface area contributed by atoms with Gasteiger partial charge in [0.05, 0.1) is 18.6 Å². The van der Waals surface area contributed by atoms with E-state index in [2.05, 4.69) is 0 Å². The summed E-state index contributed by atoms with van der Waals surface area (Å²) in [5.74, 6) is -0.155. The van der Waals surface area contributed by atoms with Crippen LogP contribution in [0.25, 0.3) is 0 Å². The number of rotatable bonds is 4. The van der Waals surface area contributed by atoms with E-state index in [0.717, 1.165) is 25.9 Å². The Bertz CT molecular complexity index is 173. The number of ether oxygens (including phenoxy) is 2. The molecule has 2 unspecified atom stereocenters. The highest BCUT2D eigenvalue weighted by Crippen LogP contribution is 2.23. The monoisotopic (exact) mass is 200 g/mol. The molecule has 1 rings (SSSR count). The minimum Gasteiger partial charge on any atom is -0.466 e. The molecule has 1 fully saturated rings. The fourth-order valence-electron chi connectivity index (χ4n) is 1.91. The van der Waals surface area contributed by atoms with E-state index in [1.165, 1.54) is 6.42 Å². The summed E-state index contributed by atoms with van der Waals surface area (Å²) in [6, 6.07) is 0. The summed E-state index contributed by atoms with van der Waals surface area (Å²) in [6.07, 6.45) is 4.18. The van der Waals surface area contributed by atoms with Gasteiger partial charge in [0, 0.05) is 6.61 Å². The van der Waals surface area contributed by atoms with Crippen molar-refractivity contribution in [2.75, 3.05) is 13.2 Å². The van der Waals surface area contributed by atoms with Crippen LogP contribution in [-0.2, 0) is 14.3 Å². The largest absolute Gasteiger partial charge is 0.466 e. The van der Waals surface area contributed by atoms with Gasteiger partial charge in [0.15, 0.2) is 0 Å². The second kappa shape index (κ2) is 6.02. The van der Waals surface area contributed by atoms with Crippen molar-refractivity contribution < 1.29 is 14.3 Å². The zero-order chi connectivity index (χ0) is 10.4. The molecule has 3 nitrogen and oxygen atoms in total. The van der Waals surface area contributed by atoms with E-state index in [9.17, 15) is 4.79 Å². The third-order valence-corrected chi connectivity index (χ3v) is 2.69. The molecule has 1 aliphatic rings. The second-order valence-corrected chi connectivity index (χ2v) is 3.67. The maximum absolute atomic E-state index is 11.6. The second-order valence-electron chi connectivity index (χ2n) is 3.67. The molecule has 82 valence electrons. The zero-order valence-electron chi connectivity index (χ0n) is 9.12. The third kappa shape index (κ3) is 2.98. The van der Waals surface area contributed by atoms with Crippen LogP contribution in [0.15, 0.2) is 0 Å². The van der Waals surface area contributed by atoms with Gasteiger partial charge in [0.2, 0.25) is 0 Å². The van der Waals surface area contributed by atoms with Gasteiger partial charge in [0.25, 0.3) is 0 Å². The van der Waals surface area contributed by atoms with E-state index in [0.29, 0.717) is 6.61 Å². The fourth-order valence-corrected chi connectivity index (χ4v) is 1.91. The van der Waals surface area contributed by atoms with Crippen LogP contribution in [0.4, 0.5) is 0 Å². The number of hydrogen-bond acceptors (Lipinski definition) is 3. The molecule has 0 N–H and O–H groups in total. The molecule has 2 atom stereocenters. The summed E-state index contributed by atoms with van der Waals surface area (Å²) >= 11 is 0. The van der Waals surface area contributed by atoms with Gasteiger partial charge in [-0.05, 0) is 32.6 Å². The van der Waals surface area contributed by atoms with Crippen molar-refractivity contribution in [1.29, 1.82) is 0 Å². The first-order chi connectivity index (χ1) is 6.79. The van der Waals surface area contributed by atoms with Crippen LogP contribution >= 0.6 is 0 Å². The van der Waals surface area contributed by atoms with Gasteiger partial charge in [0.1, 0.15) is 0 Å². The van der Waals surface area contributed by atoms with E-state index in [4.69, 9.17) is 9.47 Å². The van der Waals surface area contributed by atoms with Crippen LogP contribution in [0.2, 0.25) is 0 Å². The molecule has 0 aromatic heterocycles. The van der Waals surface area contributed by atoms with Gasteiger partial charge in [-0.2, -0.15) is 0 Å². The molecule has 3 heteroatoms. The molecule has 0 bridgehead atoms. The molecular formula is C11H20O3. The first-order valence-corrected chi connectivity index (χ1v) is 5.57. The van der Waals surface area contributed by atoms with E-state index < -0.39 is 0 Å². The highest BCUT2D eigenvalue weighted by atomic mass is 16.5. The molecule has 0 aromatic rings. The van der Waals surface area contributed by atoms with Gasteiger partial charge in [-0.3, -0.25) is 4.79 Å². The number of hydrogen-bond donors (Lipinski definition) is 0. The molecule has 0 amide bonds. The first-order valence-electron chi connectivity index (χ1n) is 5.57. The highest BCUT2D eigenvalue weighted by Gasteiger charge is 2.29. The topological polar surface area (TPSA) is 35.5 Å². The van der Waals surface area contributed by atoms with E-state index >= 15 is 0 Å². The zero-order valence-corrected chi connectivity index (χ0v) is 9.12. The normalized spacial score (nSPS) is 24.3. The molecule has 0 saturated carbocycles. The summed E-state index contributed by atoms with van der Waals surface area (Å²) in [6.45, 7) is 5.11. The summed E-state index contributed by atoms with van der Waals surface area (Å²) in [4.78, 5) is 11.6. The van der Waals surface area contributed by atoms with Crippen molar-refractivity contribution >= 4 is 5.97 Å². The number of carbonyl (C=O) groups excluding carboxylic acids is 1. The van der Waals surface area contributed by atoms with E-state index in [-0.39, 0.29) is 18.0 Å². The number of carbonyl (C=O) groups is 1. The third-order valence-electron chi connectivity index (χ3n) is 2.69. The molecule has 0 spiro atoms. The van der Waals surface area contributed by atoms with E-state index in [1.54, 1.807) is 0 Å². The summed E-state index contributed by atoms with van der Waals surface area (Å²) in [5.41, 5.74) is 0. The number of esters is 1. The summed E-state index contributed by atoms with van der Waals surface area (Å²) in [5, 5.41) is 0. The first kappa shape index (κ1) is 11.5. The van der Waals surface area contributed by atoms with Crippen molar-refractivity contribution in [1.82, 2.24) is 0 Å². The SMILES string of the molecule is CCOC(=O)C(CC)C1CCCCO1. The molecule has 14 heavy (non-hydrogen) atoms. The Kier molecular flexibility index (Phi) is 4.94. The Balaban J connectivity index is 2.46. The minimum atomic E-state index is -0.0955. The van der Waals surface area contributed by atoms with Crippen molar-refractivity contribution in [3.63, 3.8) is 0 Å². The molecule has 0 radical (unpaired) electrons. The Morgan fingerprint density at radius 3 is 2.79 bits per heavy atom. The standard InChI is InChI=1S/C11H20O3/c1-3-9(11(12)13-4-2)10-7-5-6-8-14-10/h9-10H,3-8H2,1-2H3. The maximum atomic E-state index is 11.6. The average molecular weight is 200 g/mol. The lowest BCUT2D eigenvalue weighted by atomic mass is 9.93. The predicted molar refractivity (Wildman–Crippen MR) is 54.0 cm³/mol. The Morgan fingerprint density at radius 2 is 2.29 bits per heavy atom. The van der Waals surface area contributed by atoms with Gasteiger partial charge in [-0.1, -0.05) is 6.92 Å². The van der Waals surface area contributed by atoms with Crippen LogP contribution in [0.3, 0.4) is 0 Å². The Labute approximate surface area is 85.8 Å². The average Bonchev–Trinajstić information content (AvgIpc) is 2.21. The summed E-state index contributed by atoms with van der Waals surface area (Å²) < 4.78 is 10.6. The van der Waals surface area contributed by atoms with Gasteiger partial charge >= 0.3 is 5.97 Å². The molecule has 0 aliphatic carbocycles. The van der Waals surface area contributed by atoms with Gasteiger partial charge < -0.3 is 9.47 Å². The lowest BCUT2D eigenvalue weighted by Gasteiger charge is -2.28. The van der Waals surface area contributed by atoms with Crippen LogP contribution in [0.5, 0.6) is 0 Å². The lowest BCUT2D eigenvalue weighted by Crippen LogP contribution is -2.34. The molecule has 1 heterocycles. The van der Waals surface area contributed by atoms with Crippen LogP contribution in [-0.4, -0.2) is 25.3 Å². The van der Waals surface area contributed by atoms with Crippen molar-refractivity contribution in [2.45, 2.75) is 45.6 Å². The minimum absolute atomic E-state index is 0.0600. The van der Waals surface area contributed by atoms with Gasteiger partial charge in [-0.25, -0.2) is 0 Å². The highest BCUT2D eigenvalue weighted by molar-refractivity contribution is 5.73. The summed E-state index contributed by atoms with van der Waals surface area (Å²) in [7, 11) is 0. The molecular weight excluding hydrogens is 180 g/mol. The molecule has 1 aliphatic heterocycles. The van der Waals surface area contributed by atoms with Crippen molar-refractivity contribution in [2.24, 2.45) is 5.92 Å². The Morgan fingerprint density at radius 1 is 1.50 bits per heavy atom. The predicted octanol–water partition coefficient (Wildman–Crippen LogP) is 2.14. The Hall–Kier alpha value is -0.570. The van der Waals surface area contributed by atoms with Crippen molar-refractivity contribution in [3.05, 3.63) is 0 Å². The fraction of sp³-hybridized carbons (Fsp3) is 0.909.